The highest BCUT2D eigenvalue weighted by molar-refractivity contribution is 5.92. The second-order valence-corrected chi connectivity index (χ2v) is 8.61. The molecule has 30 heavy (non-hydrogen) atoms. The lowest BCUT2D eigenvalue weighted by Gasteiger charge is -2.22. The van der Waals surface area contributed by atoms with E-state index >= 15 is 0 Å². The Bertz CT molecular complexity index is 1060. The van der Waals surface area contributed by atoms with Crippen molar-refractivity contribution < 1.29 is 14.7 Å². The van der Waals surface area contributed by atoms with Crippen molar-refractivity contribution >= 4 is 34.5 Å². The summed E-state index contributed by atoms with van der Waals surface area (Å²) in [6.07, 6.45) is 2.21. The Morgan fingerprint density at radius 3 is 2.50 bits per heavy atom. The molecule has 0 spiro atoms. The maximum absolute atomic E-state index is 11.8. The van der Waals surface area contributed by atoms with Crippen LogP contribution in [-0.4, -0.2) is 31.5 Å². The van der Waals surface area contributed by atoms with Gasteiger partial charge in [-0.1, -0.05) is 32.9 Å². The summed E-state index contributed by atoms with van der Waals surface area (Å²) in [5.41, 5.74) is 9.53. The van der Waals surface area contributed by atoms with E-state index in [4.69, 9.17) is 10.8 Å². The summed E-state index contributed by atoms with van der Waals surface area (Å²) in [6.45, 7) is 7.32. The Labute approximate surface area is 175 Å². The van der Waals surface area contributed by atoms with Crippen LogP contribution in [0.4, 0.5) is 11.6 Å². The van der Waals surface area contributed by atoms with Crippen LogP contribution in [0.1, 0.15) is 44.9 Å². The highest BCUT2D eigenvalue weighted by Crippen LogP contribution is 2.26. The van der Waals surface area contributed by atoms with Crippen molar-refractivity contribution in [2.24, 2.45) is 5.41 Å². The summed E-state index contributed by atoms with van der Waals surface area (Å²) in [4.78, 5) is 30.9. The van der Waals surface area contributed by atoms with Crippen LogP contribution in [0, 0.1) is 5.41 Å². The van der Waals surface area contributed by atoms with Gasteiger partial charge in [0, 0.05) is 42.4 Å². The Kier molecular flexibility index (Phi) is 6.05. The number of carboxylic acids is 1. The van der Waals surface area contributed by atoms with Gasteiger partial charge in [0.15, 0.2) is 0 Å². The number of benzene rings is 1. The zero-order valence-corrected chi connectivity index (χ0v) is 17.5. The van der Waals surface area contributed by atoms with E-state index in [1.165, 1.54) is 0 Å². The first-order valence-electron chi connectivity index (χ1n) is 9.82. The van der Waals surface area contributed by atoms with Crippen molar-refractivity contribution in [1.82, 2.24) is 14.5 Å². The normalized spacial score (nSPS) is 11.6. The topological polar surface area (TPSA) is 123 Å². The molecule has 158 valence electrons. The van der Waals surface area contributed by atoms with E-state index in [0.717, 1.165) is 28.8 Å². The number of rotatable bonds is 7. The van der Waals surface area contributed by atoms with Gasteiger partial charge in [-0.05, 0) is 29.2 Å². The van der Waals surface area contributed by atoms with E-state index in [0.29, 0.717) is 12.1 Å². The van der Waals surface area contributed by atoms with E-state index in [1.54, 1.807) is 6.20 Å². The molecule has 0 saturated heterocycles. The molecule has 8 heteroatoms. The third-order valence-electron chi connectivity index (χ3n) is 4.56. The lowest BCUT2D eigenvalue weighted by molar-refractivity contribution is -0.138. The molecule has 0 bridgehead atoms. The fourth-order valence-electron chi connectivity index (χ4n) is 3.26. The summed E-state index contributed by atoms with van der Waals surface area (Å²) in [5, 5.41) is 12.3. The van der Waals surface area contributed by atoms with Crippen LogP contribution in [-0.2, 0) is 22.6 Å². The van der Waals surface area contributed by atoms with Gasteiger partial charge in [-0.15, -0.1) is 0 Å². The van der Waals surface area contributed by atoms with Crippen molar-refractivity contribution in [2.45, 2.75) is 46.6 Å². The molecule has 4 N–H and O–H groups in total. The SMILES string of the molecule is CC(C)(C)Cn1c(Cc2ccc(NC(=O)CCC(=O)O)cc2)cc2cnc(N)nc21. The molecule has 1 amide bonds. The van der Waals surface area contributed by atoms with E-state index < -0.39 is 5.97 Å². The standard InChI is InChI=1S/C22H27N5O3/c1-22(2,3)13-27-17(11-15-12-24-21(23)26-20(15)27)10-14-4-6-16(7-5-14)25-18(28)8-9-19(29)30/h4-7,11-12H,8-10,13H2,1-3H3,(H,25,28)(H,29,30)(H2,23,24,26). The van der Waals surface area contributed by atoms with Crippen LogP contribution in [0.15, 0.2) is 36.5 Å². The van der Waals surface area contributed by atoms with Crippen LogP contribution < -0.4 is 11.1 Å². The van der Waals surface area contributed by atoms with Gasteiger partial charge in [0.25, 0.3) is 0 Å². The van der Waals surface area contributed by atoms with Gasteiger partial charge in [0.05, 0.1) is 6.42 Å². The molecule has 0 saturated carbocycles. The largest absolute Gasteiger partial charge is 0.481 e. The summed E-state index contributed by atoms with van der Waals surface area (Å²) in [6, 6.07) is 9.63. The number of hydrogen-bond donors (Lipinski definition) is 3. The maximum Gasteiger partial charge on any atom is 0.303 e. The van der Waals surface area contributed by atoms with Gasteiger partial charge in [-0.25, -0.2) is 4.98 Å². The van der Waals surface area contributed by atoms with Gasteiger partial charge in [-0.2, -0.15) is 4.98 Å². The molecule has 8 nitrogen and oxygen atoms in total. The molecule has 0 aliphatic rings. The minimum absolute atomic E-state index is 0.0475. The Balaban J connectivity index is 1.79. The Hall–Kier alpha value is -3.42. The molecule has 3 aromatic rings. The number of carbonyl (C=O) groups excluding carboxylic acids is 1. The van der Waals surface area contributed by atoms with E-state index in [2.05, 4.69) is 46.7 Å². The second kappa shape index (κ2) is 8.52. The first-order valence-corrected chi connectivity index (χ1v) is 9.82. The van der Waals surface area contributed by atoms with E-state index in [1.807, 2.05) is 24.3 Å². The number of carboxylic acid groups (broad SMARTS) is 1. The number of nitrogens with zero attached hydrogens (tertiary/aromatic N) is 3. The van der Waals surface area contributed by atoms with E-state index in [-0.39, 0.29) is 30.1 Å². The van der Waals surface area contributed by atoms with Crippen LogP contribution >= 0.6 is 0 Å². The van der Waals surface area contributed by atoms with Gasteiger partial charge in [-0.3, -0.25) is 9.59 Å². The third kappa shape index (κ3) is 5.56. The van der Waals surface area contributed by atoms with Crippen molar-refractivity contribution in [3.05, 3.63) is 47.8 Å². The van der Waals surface area contributed by atoms with Gasteiger partial charge in [0.1, 0.15) is 5.65 Å². The first-order chi connectivity index (χ1) is 14.1. The molecule has 0 aliphatic heterocycles. The summed E-state index contributed by atoms with van der Waals surface area (Å²) < 4.78 is 2.19. The molecular formula is C22H27N5O3. The maximum atomic E-state index is 11.8. The van der Waals surface area contributed by atoms with Crippen molar-refractivity contribution in [3.8, 4) is 0 Å². The number of nitrogens with one attached hydrogen (secondary N) is 1. The number of nitrogen functional groups attached to an aromatic ring is 1. The Morgan fingerprint density at radius 1 is 1.17 bits per heavy atom. The van der Waals surface area contributed by atoms with Crippen LogP contribution in [0.5, 0.6) is 0 Å². The predicted octanol–water partition coefficient (Wildman–Crippen LogP) is 3.45. The fourth-order valence-corrected chi connectivity index (χ4v) is 3.26. The summed E-state index contributed by atoms with van der Waals surface area (Å²) >= 11 is 0. The minimum atomic E-state index is -0.988. The van der Waals surface area contributed by atoms with Crippen LogP contribution in [0.2, 0.25) is 0 Å². The van der Waals surface area contributed by atoms with Gasteiger partial charge < -0.3 is 20.7 Å². The highest BCUT2D eigenvalue weighted by Gasteiger charge is 2.18. The first kappa shape index (κ1) is 21.3. The van der Waals surface area contributed by atoms with Gasteiger partial charge in [0.2, 0.25) is 11.9 Å². The smallest absolute Gasteiger partial charge is 0.303 e. The molecule has 2 aromatic heterocycles. The minimum Gasteiger partial charge on any atom is -0.481 e. The molecule has 0 unspecified atom stereocenters. The van der Waals surface area contributed by atoms with Crippen molar-refractivity contribution in [2.75, 3.05) is 11.1 Å². The number of hydrogen-bond acceptors (Lipinski definition) is 5. The lowest BCUT2D eigenvalue weighted by atomic mass is 9.96. The molecule has 1 aromatic carbocycles. The Morgan fingerprint density at radius 2 is 1.87 bits per heavy atom. The number of aromatic nitrogens is 3. The zero-order valence-electron chi connectivity index (χ0n) is 17.5. The van der Waals surface area contributed by atoms with Crippen molar-refractivity contribution in [1.29, 1.82) is 0 Å². The second-order valence-electron chi connectivity index (χ2n) is 8.61. The fraction of sp³-hybridized carbons (Fsp3) is 0.364. The van der Waals surface area contributed by atoms with Gasteiger partial charge >= 0.3 is 5.97 Å². The molecule has 0 radical (unpaired) electrons. The number of amides is 1. The number of nitrogens with two attached hydrogens (primary N) is 1. The number of aliphatic carboxylic acids is 1. The van der Waals surface area contributed by atoms with Crippen LogP contribution in [0.25, 0.3) is 11.0 Å². The quantitative estimate of drug-likeness (QED) is 0.549. The molecule has 0 fully saturated rings. The average Bonchev–Trinajstić information content (AvgIpc) is 2.97. The number of carbonyl (C=O) groups is 2. The summed E-state index contributed by atoms with van der Waals surface area (Å²) in [5.74, 6) is -1.05. The molecular weight excluding hydrogens is 382 g/mol. The third-order valence-corrected chi connectivity index (χ3v) is 4.56. The van der Waals surface area contributed by atoms with Crippen molar-refractivity contribution in [3.63, 3.8) is 0 Å². The number of anilines is 2. The average molecular weight is 409 g/mol. The van der Waals surface area contributed by atoms with E-state index in [9.17, 15) is 9.59 Å². The lowest BCUT2D eigenvalue weighted by Crippen LogP contribution is -2.18. The summed E-state index contributed by atoms with van der Waals surface area (Å²) in [7, 11) is 0. The monoisotopic (exact) mass is 409 g/mol. The molecule has 0 aliphatic carbocycles. The number of fused-ring (bicyclic) bond motifs is 1. The highest BCUT2D eigenvalue weighted by atomic mass is 16.4. The predicted molar refractivity (Wildman–Crippen MR) is 116 cm³/mol. The molecule has 0 atom stereocenters. The zero-order chi connectivity index (χ0) is 21.9. The molecule has 2 heterocycles. The molecule has 3 rings (SSSR count). The van der Waals surface area contributed by atoms with Crippen LogP contribution in [0.3, 0.4) is 0 Å².